The van der Waals surface area contributed by atoms with Crippen molar-refractivity contribution in [1.29, 1.82) is 0 Å². The fourth-order valence-corrected chi connectivity index (χ4v) is 2.41. The van der Waals surface area contributed by atoms with Crippen LogP contribution in [0, 0.1) is 0 Å². The Kier molecular flexibility index (Phi) is 4.75. The van der Waals surface area contributed by atoms with Crippen molar-refractivity contribution in [2.45, 2.75) is 26.2 Å². The SMILES string of the molecule is CCC(C)c1c(Cl)c(OC)cc(OC)c1Cl. The number of hydrogen-bond donors (Lipinski definition) is 0. The van der Waals surface area contributed by atoms with E-state index in [2.05, 4.69) is 13.8 Å². The Balaban J connectivity index is 3.43. The van der Waals surface area contributed by atoms with Gasteiger partial charge in [0, 0.05) is 6.07 Å². The van der Waals surface area contributed by atoms with Gasteiger partial charge >= 0.3 is 0 Å². The summed E-state index contributed by atoms with van der Waals surface area (Å²) in [4.78, 5) is 0. The van der Waals surface area contributed by atoms with Crippen molar-refractivity contribution >= 4 is 23.2 Å². The van der Waals surface area contributed by atoms with Crippen molar-refractivity contribution in [1.82, 2.24) is 0 Å². The minimum atomic E-state index is 0.268. The molecule has 0 saturated carbocycles. The summed E-state index contributed by atoms with van der Waals surface area (Å²) in [6.45, 7) is 4.16. The number of hydrogen-bond acceptors (Lipinski definition) is 2. The van der Waals surface area contributed by atoms with Crippen LogP contribution in [0.1, 0.15) is 31.7 Å². The predicted octanol–water partition coefficient (Wildman–Crippen LogP) is 4.52. The monoisotopic (exact) mass is 262 g/mol. The smallest absolute Gasteiger partial charge is 0.141 e. The van der Waals surface area contributed by atoms with Gasteiger partial charge in [0.2, 0.25) is 0 Å². The summed E-state index contributed by atoms with van der Waals surface area (Å²) in [6.07, 6.45) is 0.954. The normalized spacial score (nSPS) is 12.4. The molecule has 0 saturated heterocycles. The predicted molar refractivity (Wildman–Crippen MR) is 68.3 cm³/mol. The van der Waals surface area contributed by atoms with Crippen molar-refractivity contribution in [2.75, 3.05) is 14.2 Å². The Morgan fingerprint density at radius 3 is 1.88 bits per heavy atom. The molecule has 0 radical (unpaired) electrons. The first-order valence-electron chi connectivity index (χ1n) is 5.16. The van der Waals surface area contributed by atoms with Crippen LogP contribution in [0.4, 0.5) is 0 Å². The molecule has 0 aliphatic rings. The maximum absolute atomic E-state index is 6.25. The van der Waals surface area contributed by atoms with E-state index in [0.29, 0.717) is 21.5 Å². The number of ether oxygens (including phenoxy) is 2. The van der Waals surface area contributed by atoms with E-state index in [1.165, 1.54) is 0 Å². The van der Waals surface area contributed by atoms with E-state index in [9.17, 15) is 0 Å². The molecule has 0 aromatic heterocycles. The number of rotatable bonds is 4. The molecule has 2 nitrogen and oxygen atoms in total. The third-order valence-electron chi connectivity index (χ3n) is 2.71. The molecule has 1 aromatic rings. The van der Waals surface area contributed by atoms with E-state index >= 15 is 0 Å². The lowest BCUT2D eigenvalue weighted by atomic mass is 9.98. The van der Waals surface area contributed by atoms with Gasteiger partial charge in [-0.1, -0.05) is 37.0 Å². The summed E-state index contributed by atoms with van der Waals surface area (Å²) >= 11 is 12.5. The summed E-state index contributed by atoms with van der Waals surface area (Å²) in [5.74, 6) is 1.46. The first kappa shape index (κ1) is 13.5. The maximum atomic E-state index is 6.25. The number of halogens is 2. The van der Waals surface area contributed by atoms with E-state index in [-0.39, 0.29) is 5.92 Å². The van der Waals surface area contributed by atoms with E-state index < -0.39 is 0 Å². The third kappa shape index (κ3) is 2.38. The molecule has 0 heterocycles. The number of benzene rings is 1. The van der Waals surface area contributed by atoms with Crippen molar-refractivity contribution in [3.63, 3.8) is 0 Å². The minimum absolute atomic E-state index is 0.268. The molecule has 90 valence electrons. The molecule has 0 N–H and O–H groups in total. The molecule has 0 bridgehead atoms. The fourth-order valence-electron chi connectivity index (χ4n) is 1.54. The molecule has 0 aliphatic carbocycles. The molecule has 1 atom stereocenters. The van der Waals surface area contributed by atoms with Gasteiger partial charge in [0.25, 0.3) is 0 Å². The summed E-state index contributed by atoms with van der Waals surface area (Å²) < 4.78 is 10.4. The molecule has 0 aliphatic heterocycles. The molecule has 16 heavy (non-hydrogen) atoms. The molecular formula is C12H16Cl2O2. The lowest BCUT2D eigenvalue weighted by Crippen LogP contribution is -1.99. The first-order valence-corrected chi connectivity index (χ1v) is 5.92. The third-order valence-corrected chi connectivity index (χ3v) is 3.49. The lowest BCUT2D eigenvalue weighted by molar-refractivity contribution is 0.393. The van der Waals surface area contributed by atoms with Gasteiger partial charge in [-0.25, -0.2) is 0 Å². The van der Waals surface area contributed by atoms with E-state index in [0.717, 1.165) is 12.0 Å². The maximum Gasteiger partial charge on any atom is 0.141 e. The molecule has 0 spiro atoms. The summed E-state index contributed by atoms with van der Waals surface area (Å²) in [7, 11) is 3.16. The van der Waals surface area contributed by atoms with Crippen LogP contribution >= 0.6 is 23.2 Å². The second-order valence-electron chi connectivity index (χ2n) is 3.63. The topological polar surface area (TPSA) is 18.5 Å². The molecule has 1 unspecified atom stereocenters. The van der Waals surface area contributed by atoms with Crippen LogP contribution in [0.25, 0.3) is 0 Å². The van der Waals surface area contributed by atoms with Crippen LogP contribution in [0.2, 0.25) is 10.0 Å². The van der Waals surface area contributed by atoms with Crippen molar-refractivity contribution in [3.05, 3.63) is 21.7 Å². The van der Waals surface area contributed by atoms with Gasteiger partial charge in [-0.15, -0.1) is 0 Å². The van der Waals surface area contributed by atoms with Gasteiger partial charge in [0.05, 0.1) is 24.3 Å². The highest BCUT2D eigenvalue weighted by atomic mass is 35.5. The number of methoxy groups -OCH3 is 2. The van der Waals surface area contributed by atoms with Crippen LogP contribution in [-0.2, 0) is 0 Å². The Hall–Kier alpha value is -0.600. The van der Waals surface area contributed by atoms with E-state index in [1.807, 2.05) is 0 Å². The van der Waals surface area contributed by atoms with Crippen LogP contribution in [0.15, 0.2) is 6.07 Å². The zero-order valence-corrected chi connectivity index (χ0v) is 11.4. The molecular weight excluding hydrogens is 247 g/mol. The van der Waals surface area contributed by atoms with Gasteiger partial charge in [0.1, 0.15) is 11.5 Å². The highest BCUT2D eigenvalue weighted by Gasteiger charge is 2.20. The van der Waals surface area contributed by atoms with Gasteiger partial charge in [-0.05, 0) is 17.9 Å². The molecule has 4 heteroatoms. The Morgan fingerprint density at radius 2 is 1.56 bits per heavy atom. The minimum Gasteiger partial charge on any atom is -0.495 e. The molecule has 1 rings (SSSR count). The molecule has 1 aromatic carbocycles. The van der Waals surface area contributed by atoms with Gasteiger partial charge in [0.15, 0.2) is 0 Å². The van der Waals surface area contributed by atoms with E-state index in [4.69, 9.17) is 32.7 Å². The average molecular weight is 263 g/mol. The average Bonchev–Trinajstić information content (AvgIpc) is 2.29. The highest BCUT2D eigenvalue weighted by molar-refractivity contribution is 6.38. The van der Waals surface area contributed by atoms with Gasteiger partial charge < -0.3 is 9.47 Å². The summed E-state index contributed by atoms with van der Waals surface area (Å²) in [6, 6.07) is 1.70. The van der Waals surface area contributed by atoms with Crippen LogP contribution in [0.3, 0.4) is 0 Å². The van der Waals surface area contributed by atoms with Crippen LogP contribution < -0.4 is 9.47 Å². The molecule has 0 amide bonds. The van der Waals surface area contributed by atoms with Crippen LogP contribution in [0.5, 0.6) is 11.5 Å². The quantitative estimate of drug-likeness (QED) is 0.794. The van der Waals surface area contributed by atoms with Gasteiger partial charge in [-0.2, -0.15) is 0 Å². The second kappa shape index (κ2) is 5.65. The van der Waals surface area contributed by atoms with Crippen molar-refractivity contribution in [3.8, 4) is 11.5 Å². The van der Waals surface area contributed by atoms with Crippen molar-refractivity contribution < 1.29 is 9.47 Å². The summed E-state index contributed by atoms with van der Waals surface area (Å²) in [5.41, 5.74) is 0.891. The Morgan fingerprint density at radius 1 is 1.12 bits per heavy atom. The van der Waals surface area contributed by atoms with E-state index in [1.54, 1.807) is 20.3 Å². The fraction of sp³-hybridized carbons (Fsp3) is 0.500. The van der Waals surface area contributed by atoms with Gasteiger partial charge in [-0.3, -0.25) is 0 Å². The lowest BCUT2D eigenvalue weighted by Gasteiger charge is -2.18. The second-order valence-corrected chi connectivity index (χ2v) is 4.39. The largest absolute Gasteiger partial charge is 0.495 e. The standard InChI is InChI=1S/C12H16Cl2O2/c1-5-7(2)10-11(13)8(15-3)6-9(16-4)12(10)14/h6-7H,5H2,1-4H3. The molecule has 0 fully saturated rings. The Labute approximate surface area is 106 Å². The highest BCUT2D eigenvalue weighted by Crippen LogP contribution is 2.44. The van der Waals surface area contributed by atoms with Crippen molar-refractivity contribution in [2.24, 2.45) is 0 Å². The first-order chi connectivity index (χ1) is 7.56. The zero-order chi connectivity index (χ0) is 12.3. The zero-order valence-electron chi connectivity index (χ0n) is 9.93. The Bertz CT molecular complexity index is 350. The summed E-state index contributed by atoms with van der Waals surface area (Å²) in [5, 5.41) is 1.14. The van der Waals surface area contributed by atoms with Crippen LogP contribution in [-0.4, -0.2) is 14.2 Å².